The van der Waals surface area contributed by atoms with Gasteiger partial charge < -0.3 is 10.2 Å². The topological polar surface area (TPSA) is 49.4 Å². The number of thiophene rings is 1. The lowest BCUT2D eigenvalue weighted by Gasteiger charge is -2.60. The highest BCUT2D eigenvalue weighted by atomic mass is 32.1. The van der Waals surface area contributed by atoms with Crippen LogP contribution in [0.5, 0.6) is 0 Å². The van der Waals surface area contributed by atoms with Crippen LogP contribution in [0.3, 0.4) is 0 Å². The number of nitrogens with zero attached hydrogens (tertiary/aromatic N) is 1. The van der Waals surface area contributed by atoms with Gasteiger partial charge in [-0.15, -0.1) is 0 Å². The minimum atomic E-state index is 0.0905. The zero-order chi connectivity index (χ0) is 21.1. The molecule has 30 heavy (non-hydrogen) atoms. The summed E-state index contributed by atoms with van der Waals surface area (Å²) in [6.45, 7) is 4.84. The summed E-state index contributed by atoms with van der Waals surface area (Å²) in [4.78, 5) is 27.0. The molecule has 5 heteroatoms. The first-order chi connectivity index (χ1) is 14.3. The van der Waals surface area contributed by atoms with E-state index in [2.05, 4.69) is 30.6 Å². The maximum atomic E-state index is 12.7. The van der Waals surface area contributed by atoms with E-state index in [1.165, 1.54) is 25.7 Å². The van der Waals surface area contributed by atoms with Crippen molar-refractivity contribution in [3.05, 3.63) is 34.5 Å². The van der Waals surface area contributed by atoms with E-state index in [1.807, 2.05) is 29.5 Å². The number of carbonyl (C=O) groups excluding carboxylic acids is 2. The largest absolute Gasteiger partial charge is 0.353 e. The van der Waals surface area contributed by atoms with Crippen molar-refractivity contribution in [2.75, 3.05) is 7.05 Å². The predicted molar refractivity (Wildman–Crippen MR) is 120 cm³/mol. The summed E-state index contributed by atoms with van der Waals surface area (Å²) in [6, 6.07) is 2.68. The number of rotatable bonds is 3. The van der Waals surface area contributed by atoms with Crippen LogP contribution in [-0.2, 0) is 16.0 Å². The summed E-state index contributed by atoms with van der Waals surface area (Å²) < 4.78 is 0. The van der Waals surface area contributed by atoms with Crippen LogP contribution in [0.15, 0.2) is 29.0 Å². The van der Waals surface area contributed by atoms with Crippen molar-refractivity contribution in [1.29, 1.82) is 0 Å². The number of amides is 2. The molecule has 3 fully saturated rings. The molecule has 7 atom stereocenters. The number of nitrogens with one attached hydrogen (secondary N) is 1. The fraction of sp³-hybridized carbons (Fsp3) is 0.680. The molecule has 1 aliphatic heterocycles. The maximum Gasteiger partial charge on any atom is 0.246 e. The van der Waals surface area contributed by atoms with Crippen molar-refractivity contribution in [1.82, 2.24) is 10.2 Å². The van der Waals surface area contributed by atoms with Crippen LogP contribution in [0.25, 0.3) is 0 Å². The van der Waals surface area contributed by atoms with Crippen molar-refractivity contribution < 1.29 is 9.59 Å². The Morgan fingerprint density at radius 2 is 2.03 bits per heavy atom. The Labute approximate surface area is 184 Å². The van der Waals surface area contributed by atoms with Gasteiger partial charge in [0.25, 0.3) is 0 Å². The molecule has 2 heterocycles. The van der Waals surface area contributed by atoms with Gasteiger partial charge in [-0.25, -0.2) is 0 Å². The predicted octanol–water partition coefficient (Wildman–Crippen LogP) is 4.41. The fourth-order valence-corrected chi connectivity index (χ4v) is 8.47. The lowest BCUT2D eigenvalue weighted by Crippen LogP contribution is -2.60. The zero-order valence-electron chi connectivity index (χ0n) is 18.4. The average molecular weight is 427 g/mol. The van der Waals surface area contributed by atoms with Crippen molar-refractivity contribution in [2.45, 2.75) is 70.9 Å². The quantitative estimate of drug-likeness (QED) is 0.778. The smallest absolute Gasteiger partial charge is 0.246 e. The molecule has 3 saturated carbocycles. The molecule has 1 unspecified atom stereocenters. The van der Waals surface area contributed by atoms with Gasteiger partial charge >= 0.3 is 0 Å². The Morgan fingerprint density at radius 1 is 1.20 bits per heavy atom. The molecule has 1 aromatic heterocycles. The molecule has 0 radical (unpaired) electrons. The van der Waals surface area contributed by atoms with Crippen LogP contribution in [0.1, 0.15) is 57.9 Å². The Bertz CT molecular complexity index is 865. The molecular weight excluding hydrogens is 392 g/mol. The summed E-state index contributed by atoms with van der Waals surface area (Å²) in [6.07, 6.45) is 11.6. The monoisotopic (exact) mass is 426 g/mol. The zero-order valence-corrected chi connectivity index (χ0v) is 19.2. The molecule has 0 aromatic carbocycles. The van der Waals surface area contributed by atoms with E-state index in [4.69, 9.17) is 0 Å². The van der Waals surface area contributed by atoms with Crippen LogP contribution >= 0.6 is 11.3 Å². The van der Waals surface area contributed by atoms with Gasteiger partial charge in [-0.05, 0) is 90.2 Å². The summed E-state index contributed by atoms with van der Waals surface area (Å²) in [5, 5.41) is 7.54. The van der Waals surface area contributed by atoms with Gasteiger partial charge in [0.15, 0.2) is 0 Å². The molecule has 0 bridgehead atoms. The molecule has 2 amide bonds. The molecule has 4 nitrogen and oxygen atoms in total. The molecule has 1 aromatic rings. The second-order valence-electron chi connectivity index (χ2n) is 10.7. The number of hydrogen-bond donors (Lipinski definition) is 1. The molecule has 1 N–H and O–H groups in total. The van der Waals surface area contributed by atoms with Crippen molar-refractivity contribution >= 4 is 23.2 Å². The van der Waals surface area contributed by atoms with Gasteiger partial charge in [0, 0.05) is 24.5 Å². The molecule has 5 rings (SSSR count). The van der Waals surface area contributed by atoms with Crippen LogP contribution in [0.2, 0.25) is 0 Å². The first-order valence-corrected chi connectivity index (χ1v) is 12.5. The Hall–Kier alpha value is -1.62. The second-order valence-corrected chi connectivity index (χ2v) is 11.4. The number of fused-ring (bicyclic) bond motifs is 5. The van der Waals surface area contributed by atoms with Crippen molar-refractivity contribution in [2.24, 2.45) is 28.6 Å². The maximum absolute atomic E-state index is 12.7. The van der Waals surface area contributed by atoms with Crippen molar-refractivity contribution in [3.8, 4) is 0 Å². The minimum Gasteiger partial charge on any atom is -0.353 e. The highest BCUT2D eigenvalue weighted by Gasteiger charge is 2.60. The van der Waals surface area contributed by atoms with Gasteiger partial charge in [-0.2, -0.15) is 11.3 Å². The molecule has 0 saturated heterocycles. The van der Waals surface area contributed by atoms with Crippen LogP contribution in [-0.4, -0.2) is 35.8 Å². The highest BCUT2D eigenvalue weighted by molar-refractivity contribution is 7.08. The standard InChI is InChI=1S/C25H34N2O2S/c1-24-11-8-19-17(4-7-21-25(19,2)12-9-23(29)27(21)3)18(24)5-6-20(24)26-22(28)14-16-10-13-30-15-16/h9-10,12-13,15,17-21H,4-8,11,14H2,1-3H3,(H,26,28)/t17-,18-,19-,20?,21+,24-,25+/m0/s1. The SMILES string of the molecule is CN1C(=O)C=C[C@]2(C)[C@H]3CC[C@]4(C)C(NC(=O)Cc5ccsc5)CC[C@H]4[C@@H]3CC[C@@H]12. The van der Waals surface area contributed by atoms with E-state index in [9.17, 15) is 9.59 Å². The summed E-state index contributed by atoms with van der Waals surface area (Å²) in [5.74, 6) is 2.35. The van der Waals surface area contributed by atoms with Gasteiger partial charge in [0.05, 0.1) is 6.42 Å². The van der Waals surface area contributed by atoms with Crippen molar-refractivity contribution in [3.63, 3.8) is 0 Å². The van der Waals surface area contributed by atoms with Crippen LogP contribution in [0.4, 0.5) is 0 Å². The Kier molecular flexibility index (Phi) is 4.88. The molecule has 4 aliphatic rings. The third kappa shape index (κ3) is 2.99. The van der Waals surface area contributed by atoms with E-state index >= 15 is 0 Å². The van der Waals surface area contributed by atoms with E-state index < -0.39 is 0 Å². The van der Waals surface area contributed by atoms with E-state index in [0.29, 0.717) is 36.3 Å². The van der Waals surface area contributed by atoms with E-state index in [-0.39, 0.29) is 22.6 Å². The molecular formula is C25H34N2O2S. The lowest BCUT2D eigenvalue weighted by molar-refractivity contribution is -0.138. The Morgan fingerprint density at radius 3 is 2.80 bits per heavy atom. The minimum absolute atomic E-state index is 0.0905. The van der Waals surface area contributed by atoms with Gasteiger partial charge in [0.1, 0.15) is 0 Å². The summed E-state index contributed by atoms with van der Waals surface area (Å²) in [7, 11) is 1.98. The Balaban J connectivity index is 1.33. The van der Waals surface area contributed by atoms with Gasteiger partial charge in [0.2, 0.25) is 11.8 Å². The number of carbonyl (C=O) groups is 2. The molecule has 3 aliphatic carbocycles. The van der Waals surface area contributed by atoms with E-state index in [1.54, 1.807) is 11.3 Å². The third-order valence-corrected chi connectivity index (χ3v) is 10.1. The van der Waals surface area contributed by atoms with Gasteiger partial charge in [-0.1, -0.05) is 19.9 Å². The normalized spacial score (nSPS) is 42.4. The first kappa shape index (κ1) is 20.3. The number of likely N-dealkylation sites (N-methyl/N-ethyl adjacent to an activating group) is 1. The highest BCUT2D eigenvalue weighted by Crippen LogP contribution is 2.63. The summed E-state index contributed by atoms with van der Waals surface area (Å²) in [5.41, 5.74) is 1.41. The lowest BCUT2D eigenvalue weighted by atomic mass is 9.48. The van der Waals surface area contributed by atoms with E-state index in [0.717, 1.165) is 18.4 Å². The second kappa shape index (κ2) is 7.22. The first-order valence-electron chi connectivity index (χ1n) is 11.6. The number of hydrogen-bond acceptors (Lipinski definition) is 3. The average Bonchev–Trinajstić information content (AvgIpc) is 3.33. The van der Waals surface area contributed by atoms with Gasteiger partial charge in [-0.3, -0.25) is 9.59 Å². The third-order valence-electron chi connectivity index (χ3n) is 9.41. The van der Waals surface area contributed by atoms with Crippen LogP contribution in [0, 0.1) is 28.6 Å². The molecule has 0 spiro atoms. The summed E-state index contributed by atoms with van der Waals surface area (Å²) >= 11 is 1.65. The fourth-order valence-electron chi connectivity index (χ4n) is 7.80. The molecule has 162 valence electrons. The van der Waals surface area contributed by atoms with Crippen LogP contribution < -0.4 is 5.32 Å².